The van der Waals surface area contributed by atoms with E-state index in [1.165, 1.54) is 25.7 Å². The number of halogens is 1. The Hall–Kier alpha value is -0.380. The number of aromatic nitrogens is 3. The second-order valence-electron chi connectivity index (χ2n) is 3.72. The SMILES string of the molecule is Cn1cc(C2CCCCC2Br)nn1. The predicted molar refractivity (Wildman–Crippen MR) is 54.9 cm³/mol. The highest BCUT2D eigenvalue weighted by atomic mass is 79.9. The summed E-state index contributed by atoms with van der Waals surface area (Å²) >= 11 is 3.72. The highest BCUT2D eigenvalue weighted by Crippen LogP contribution is 2.36. The molecule has 13 heavy (non-hydrogen) atoms. The van der Waals surface area contributed by atoms with Gasteiger partial charge in [0.2, 0.25) is 0 Å². The lowest BCUT2D eigenvalue weighted by molar-refractivity contribution is 0.453. The number of aryl methyl sites for hydroxylation is 1. The maximum absolute atomic E-state index is 4.17. The second kappa shape index (κ2) is 3.78. The largest absolute Gasteiger partial charge is 0.255 e. The van der Waals surface area contributed by atoms with E-state index in [-0.39, 0.29) is 0 Å². The summed E-state index contributed by atoms with van der Waals surface area (Å²) in [5.41, 5.74) is 1.14. The van der Waals surface area contributed by atoms with Crippen LogP contribution in [0.3, 0.4) is 0 Å². The van der Waals surface area contributed by atoms with Crippen LogP contribution in [0.15, 0.2) is 6.20 Å². The van der Waals surface area contributed by atoms with E-state index in [2.05, 4.69) is 26.2 Å². The lowest BCUT2D eigenvalue weighted by Gasteiger charge is -2.25. The van der Waals surface area contributed by atoms with Gasteiger partial charge in [0.15, 0.2) is 0 Å². The van der Waals surface area contributed by atoms with E-state index < -0.39 is 0 Å². The second-order valence-corrected chi connectivity index (χ2v) is 4.90. The molecule has 2 atom stereocenters. The van der Waals surface area contributed by atoms with Crippen LogP contribution in [0.2, 0.25) is 0 Å². The van der Waals surface area contributed by atoms with Gasteiger partial charge in [-0.05, 0) is 12.8 Å². The summed E-state index contributed by atoms with van der Waals surface area (Å²) in [6, 6.07) is 0. The molecule has 0 saturated heterocycles. The van der Waals surface area contributed by atoms with Crippen LogP contribution in [0.25, 0.3) is 0 Å². The minimum Gasteiger partial charge on any atom is -0.255 e. The number of nitrogens with zero attached hydrogens (tertiary/aromatic N) is 3. The van der Waals surface area contributed by atoms with Crippen molar-refractivity contribution in [2.75, 3.05) is 0 Å². The fourth-order valence-electron chi connectivity index (χ4n) is 1.95. The van der Waals surface area contributed by atoms with Crippen molar-refractivity contribution in [3.8, 4) is 0 Å². The van der Waals surface area contributed by atoms with Crippen molar-refractivity contribution in [3.05, 3.63) is 11.9 Å². The first-order chi connectivity index (χ1) is 6.27. The average molecular weight is 244 g/mol. The fourth-order valence-corrected chi connectivity index (χ4v) is 2.81. The summed E-state index contributed by atoms with van der Waals surface area (Å²) in [5, 5.41) is 8.14. The fraction of sp³-hybridized carbons (Fsp3) is 0.778. The van der Waals surface area contributed by atoms with Crippen LogP contribution in [0.4, 0.5) is 0 Å². The van der Waals surface area contributed by atoms with Crippen molar-refractivity contribution in [2.45, 2.75) is 36.4 Å². The number of hydrogen-bond donors (Lipinski definition) is 0. The van der Waals surface area contributed by atoms with Crippen molar-refractivity contribution in [1.29, 1.82) is 0 Å². The van der Waals surface area contributed by atoms with Crippen LogP contribution < -0.4 is 0 Å². The molecule has 0 N–H and O–H groups in total. The molecule has 1 aromatic rings. The molecular formula is C9H14BrN3. The molecule has 2 unspecified atom stereocenters. The Morgan fingerprint density at radius 2 is 2.23 bits per heavy atom. The zero-order valence-corrected chi connectivity index (χ0v) is 9.37. The summed E-state index contributed by atoms with van der Waals surface area (Å²) < 4.78 is 1.78. The van der Waals surface area contributed by atoms with Gasteiger partial charge in [-0.2, -0.15) is 0 Å². The first-order valence-electron chi connectivity index (χ1n) is 4.77. The van der Waals surface area contributed by atoms with E-state index in [0.717, 1.165) is 5.69 Å². The van der Waals surface area contributed by atoms with Gasteiger partial charge in [0.05, 0.1) is 5.69 Å². The first-order valence-corrected chi connectivity index (χ1v) is 5.69. The van der Waals surface area contributed by atoms with E-state index in [9.17, 15) is 0 Å². The van der Waals surface area contributed by atoms with Crippen molar-refractivity contribution in [3.63, 3.8) is 0 Å². The Morgan fingerprint density at radius 3 is 2.85 bits per heavy atom. The van der Waals surface area contributed by atoms with Crippen LogP contribution in [0.5, 0.6) is 0 Å². The van der Waals surface area contributed by atoms with E-state index in [0.29, 0.717) is 10.7 Å². The van der Waals surface area contributed by atoms with Gasteiger partial charge in [-0.3, -0.25) is 4.68 Å². The summed E-state index contributed by atoms with van der Waals surface area (Å²) in [6.07, 6.45) is 7.20. The van der Waals surface area contributed by atoms with Crippen molar-refractivity contribution < 1.29 is 0 Å². The summed E-state index contributed by atoms with van der Waals surface area (Å²) in [7, 11) is 1.92. The van der Waals surface area contributed by atoms with Gasteiger partial charge in [0.25, 0.3) is 0 Å². The van der Waals surface area contributed by atoms with Crippen LogP contribution in [-0.2, 0) is 7.05 Å². The molecule has 4 heteroatoms. The minimum atomic E-state index is 0.572. The normalized spacial score (nSPS) is 29.1. The molecule has 0 aromatic carbocycles. The molecule has 0 bridgehead atoms. The molecule has 1 aromatic heterocycles. The topological polar surface area (TPSA) is 30.7 Å². The number of rotatable bonds is 1. The summed E-state index contributed by atoms with van der Waals surface area (Å²) in [4.78, 5) is 0.595. The third kappa shape index (κ3) is 1.93. The molecule has 3 nitrogen and oxygen atoms in total. The lowest BCUT2D eigenvalue weighted by atomic mass is 9.87. The Morgan fingerprint density at radius 1 is 1.46 bits per heavy atom. The van der Waals surface area contributed by atoms with Gasteiger partial charge in [-0.25, -0.2) is 0 Å². The molecular weight excluding hydrogens is 230 g/mol. The van der Waals surface area contributed by atoms with E-state index in [1.54, 1.807) is 4.68 Å². The van der Waals surface area contributed by atoms with E-state index in [1.807, 2.05) is 13.2 Å². The standard InChI is InChI=1S/C9H14BrN3/c1-13-6-9(11-12-13)7-4-2-3-5-8(7)10/h6-8H,2-5H2,1H3. The van der Waals surface area contributed by atoms with Crippen LogP contribution in [-0.4, -0.2) is 19.8 Å². The molecule has 0 radical (unpaired) electrons. The molecule has 1 fully saturated rings. The van der Waals surface area contributed by atoms with Crippen molar-refractivity contribution >= 4 is 15.9 Å². The van der Waals surface area contributed by atoms with Gasteiger partial charge < -0.3 is 0 Å². The molecule has 0 aliphatic heterocycles. The zero-order valence-electron chi connectivity index (χ0n) is 7.78. The quantitative estimate of drug-likeness (QED) is 0.709. The van der Waals surface area contributed by atoms with Crippen LogP contribution in [0, 0.1) is 0 Å². The van der Waals surface area contributed by atoms with Crippen molar-refractivity contribution in [2.24, 2.45) is 7.05 Å². The molecule has 0 spiro atoms. The summed E-state index contributed by atoms with van der Waals surface area (Å²) in [5.74, 6) is 0.572. The predicted octanol–water partition coefficient (Wildman–Crippen LogP) is 2.24. The molecule has 1 saturated carbocycles. The first kappa shape index (κ1) is 9.19. The van der Waals surface area contributed by atoms with Gasteiger partial charge in [-0.1, -0.05) is 34.0 Å². The smallest absolute Gasteiger partial charge is 0.0868 e. The van der Waals surface area contributed by atoms with E-state index >= 15 is 0 Å². The monoisotopic (exact) mass is 243 g/mol. The van der Waals surface area contributed by atoms with Crippen molar-refractivity contribution in [1.82, 2.24) is 15.0 Å². The van der Waals surface area contributed by atoms with E-state index in [4.69, 9.17) is 0 Å². The Labute approximate surface area is 86.6 Å². The van der Waals surface area contributed by atoms with Gasteiger partial charge in [0, 0.05) is 24.0 Å². The number of alkyl halides is 1. The Bertz CT molecular complexity index is 284. The zero-order chi connectivity index (χ0) is 9.26. The van der Waals surface area contributed by atoms with Crippen LogP contribution >= 0.6 is 15.9 Å². The Kier molecular flexibility index (Phi) is 2.67. The van der Waals surface area contributed by atoms with Gasteiger partial charge >= 0.3 is 0 Å². The Balaban J connectivity index is 2.14. The maximum atomic E-state index is 4.17. The number of hydrogen-bond acceptors (Lipinski definition) is 2. The molecule has 0 amide bonds. The van der Waals surface area contributed by atoms with Gasteiger partial charge in [-0.15, -0.1) is 5.10 Å². The van der Waals surface area contributed by atoms with Gasteiger partial charge in [0.1, 0.15) is 0 Å². The minimum absolute atomic E-state index is 0.572. The average Bonchev–Trinajstić information content (AvgIpc) is 2.53. The maximum Gasteiger partial charge on any atom is 0.0868 e. The highest BCUT2D eigenvalue weighted by Gasteiger charge is 2.26. The highest BCUT2D eigenvalue weighted by molar-refractivity contribution is 9.09. The van der Waals surface area contributed by atoms with Crippen LogP contribution in [0.1, 0.15) is 37.3 Å². The third-order valence-corrected chi connectivity index (χ3v) is 3.78. The molecule has 1 aliphatic rings. The lowest BCUT2D eigenvalue weighted by Crippen LogP contribution is -2.17. The molecule has 2 rings (SSSR count). The molecule has 72 valence electrons. The molecule has 1 heterocycles. The summed E-state index contributed by atoms with van der Waals surface area (Å²) in [6.45, 7) is 0. The third-order valence-electron chi connectivity index (χ3n) is 2.68. The molecule has 1 aliphatic carbocycles.